The fraction of sp³-hybridized carbons (Fsp3) is 0.0588. The number of nitro benzene ring substituents is 1. The van der Waals surface area contributed by atoms with Crippen molar-refractivity contribution in [2.75, 3.05) is 11.1 Å². The van der Waals surface area contributed by atoms with Crippen LogP contribution in [0.5, 0.6) is 5.75 Å². The Kier molecular flexibility index (Phi) is 4.83. The number of rotatable bonds is 6. The molecule has 0 fully saturated rings. The van der Waals surface area contributed by atoms with Crippen molar-refractivity contribution in [3.63, 3.8) is 0 Å². The highest BCUT2D eigenvalue weighted by molar-refractivity contribution is 7.99. The third-order valence-electron chi connectivity index (χ3n) is 3.80. The number of aromatic amines is 1. The van der Waals surface area contributed by atoms with E-state index in [1.54, 1.807) is 18.2 Å². The maximum atomic E-state index is 12.1. The Morgan fingerprint density at radius 1 is 1.28 bits per heavy atom. The third-order valence-corrected chi connectivity index (χ3v) is 4.62. The first-order valence-corrected chi connectivity index (χ1v) is 9.17. The number of anilines is 1. The van der Waals surface area contributed by atoms with Gasteiger partial charge in [0.15, 0.2) is 0 Å². The summed E-state index contributed by atoms with van der Waals surface area (Å²) in [6.45, 7) is 0. The average molecular weight is 412 g/mol. The van der Waals surface area contributed by atoms with Crippen LogP contribution in [-0.2, 0) is 4.79 Å². The van der Waals surface area contributed by atoms with E-state index in [9.17, 15) is 20.0 Å². The van der Waals surface area contributed by atoms with Crippen LogP contribution in [0.15, 0.2) is 52.1 Å². The van der Waals surface area contributed by atoms with Crippen LogP contribution in [0.4, 0.5) is 11.6 Å². The summed E-state index contributed by atoms with van der Waals surface area (Å²) in [5, 5.41) is 31.1. The number of fused-ring (bicyclic) bond motifs is 1. The molecule has 2 aromatic heterocycles. The molecule has 1 amide bonds. The largest absolute Gasteiger partial charge is 0.507 e. The van der Waals surface area contributed by atoms with Crippen molar-refractivity contribution in [3.8, 4) is 17.2 Å². The summed E-state index contributed by atoms with van der Waals surface area (Å²) in [5.41, 5.74) is 1.24. The summed E-state index contributed by atoms with van der Waals surface area (Å²) in [6, 6.07) is 10.7. The van der Waals surface area contributed by atoms with Gasteiger partial charge < -0.3 is 14.5 Å². The maximum absolute atomic E-state index is 12.1. The second kappa shape index (κ2) is 7.59. The fourth-order valence-corrected chi connectivity index (χ4v) is 3.06. The summed E-state index contributed by atoms with van der Waals surface area (Å²) < 4.78 is 5.45. The van der Waals surface area contributed by atoms with E-state index in [1.807, 2.05) is 0 Å². The lowest BCUT2D eigenvalue weighted by Crippen LogP contribution is -2.14. The molecule has 0 aliphatic carbocycles. The number of aromatic hydroxyl groups is 1. The van der Waals surface area contributed by atoms with E-state index in [0.717, 1.165) is 11.8 Å². The van der Waals surface area contributed by atoms with Gasteiger partial charge in [0.1, 0.15) is 5.75 Å². The molecular formula is C17H12N6O5S. The minimum Gasteiger partial charge on any atom is -0.507 e. The molecule has 29 heavy (non-hydrogen) atoms. The molecule has 0 aliphatic heterocycles. The van der Waals surface area contributed by atoms with Crippen molar-refractivity contribution in [1.82, 2.24) is 20.2 Å². The van der Waals surface area contributed by atoms with E-state index in [2.05, 4.69) is 25.5 Å². The zero-order chi connectivity index (χ0) is 20.4. The number of amides is 1. The van der Waals surface area contributed by atoms with Gasteiger partial charge >= 0.3 is 0 Å². The van der Waals surface area contributed by atoms with Gasteiger partial charge in [0.2, 0.25) is 11.9 Å². The molecule has 4 rings (SSSR count). The normalized spacial score (nSPS) is 10.9. The Morgan fingerprint density at radius 2 is 2.10 bits per heavy atom. The van der Waals surface area contributed by atoms with E-state index >= 15 is 0 Å². The van der Waals surface area contributed by atoms with E-state index < -0.39 is 4.92 Å². The van der Waals surface area contributed by atoms with Gasteiger partial charge in [-0.05, 0) is 18.2 Å². The van der Waals surface area contributed by atoms with E-state index in [4.69, 9.17) is 4.42 Å². The molecule has 146 valence electrons. The lowest BCUT2D eigenvalue weighted by molar-refractivity contribution is -0.384. The molecule has 0 saturated carbocycles. The van der Waals surface area contributed by atoms with Gasteiger partial charge in [-0.25, -0.2) is 4.98 Å². The van der Waals surface area contributed by atoms with Gasteiger partial charge in [0, 0.05) is 12.1 Å². The van der Waals surface area contributed by atoms with Crippen LogP contribution in [0.2, 0.25) is 0 Å². The molecule has 11 nitrogen and oxygen atoms in total. The van der Waals surface area contributed by atoms with Crippen molar-refractivity contribution in [2.24, 2.45) is 0 Å². The Labute approximate surface area is 166 Å². The number of phenolic OH excluding ortho intramolecular Hbond substituents is 1. The standard InChI is InChI=1S/C17H12N6O5S/c24-13-4-2-1-3-10(13)15-21-22-17(28-15)29-8-14(25)20-16-18-11-6-5-9(23(26)27)7-12(11)19-16/h1-7,24H,8H2,(H2,18,19,20,25). The van der Waals surface area contributed by atoms with E-state index in [1.165, 1.54) is 24.3 Å². The number of aromatic nitrogens is 4. The minimum absolute atomic E-state index is 0.00978. The van der Waals surface area contributed by atoms with Crippen molar-refractivity contribution in [1.29, 1.82) is 0 Å². The van der Waals surface area contributed by atoms with Crippen molar-refractivity contribution >= 4 is 40.3 Å². The number of H-pyrrole nitrogens is 1. The SMILES string of the molecule is O=C(CSc1nnc(-c2ccccc2O)o1)Nc1nc2ccc([N+](=O)[O-])cc2[nH]1. The summed E-state index contributed by atoms with van der Waals surface area (Å²) >= 11 is 1.02. The van der Waals surface area contributed by atoms with Crippen LogP contribution in [0.3, 0.4) is 0 Å². The lowest BCUT2D eigenvalue weighted by Gasteiger charge is -1.99. The van der Waals surface area contributed by atoms with Crippen molar-refractivity contribution in [3.05, 3.63) is 52.6 Å². The number of hydrogen-bond acceptors (Lipinski definition) is 9. The van der Waals surface area contributed by atoms with E-state index in [-0.39, 0.29) is 40.2 Å². The quantitative estimate of drug-likeness (QED) is 0.246. The second-order valence-corrected chi connectivity index (χ2v) is 6.70. The van der Waals surface area contributed by atoms with Crippen LogP contribution < -0.4 is 5.32 Å². The van der Waals surface area contributed by atoms with Gasteiger partial charge in [-0.15, -0.1) is 10.2 Å². The average Bonchev–Trinajstić information content (AvgIpc) is 3.32. The number of benzene rings is 2. The smallest absolute Gasteiger partial charge is 0.277 e. The van der Waals surface area contributed by atoms with Gasteiger partial charge in [0.25, 0.3) is 16.8 Å². The highest BCUT2D eigenvalue weighted by atomic mass is 32.2. The number of non-ortho nitro benzene ring substituents is 1. The zero-order valence-corrected chi connectivity index (χ0v) is 15.3. The molecule has 12 heteroatoms. The first-order valence-electron chi connectivity index (χ1n) is 8.18. The molecule has 2 heterocycles. The number of nitrogens with zero attached hydrogens (tertiary/aromatic N) is 4. The third kappa shape index (κ3) is 4.01. The molecule has 2 aromatic carbocycles. The molecule has 0 spiro atoms. The van der Waals surface area contributed by atoms with Crippen molar-refractivity contribution < 1.29 is 19.2 Å². The molecule has 3 N–H and O–H groups in total. The summed E-state index contributed by atoms with van der Waals surface area (Å²) in [6.07, 6.45) is 0. The molecule has 0 atom stereocenters. The number of phenols is 1. The summed E-state index contributed by atoms with van der Waals surface area (Å²) in [5.74, 6) is -0.0857. The van der Waals surface area contributed by atoms with Crippen LogP contribution in [0.25, 0.3) is 22.5 Å². The predicted molar refractivity (Wildman–Crippen MR) is 104 cm³/mol. The van der Waals surface area contributed by atoms with Crippen LogP contribution in [0, 0.1) is 10.1 Å². The van der Waals surface area contributed by atoms with Crippen molar-refractivity contribution in [2.45, 2.75) is 5.22 Å². The number of carbonyl (C=O) groups is 1. The maximum Gasteiger partial charge on any atom is 0.277 e. The number of nitrogens with one attached hydrogen (secondary N) is 2. The zero-order valence-electron chi connectivity index (χ0n) is 14.5. The highest BCUT2D eigenvalue weighted by Crippen LogP contribution is 2.29. The van der Waals surface area contributed by atoms with E-state index in [0.29, 0.717) is 16.6 Å². The number of para-hydroxylation sites is 1. The summed E-state index contributed by atoms with van der Waals surface area (Å²) in [4.78, 5) is 29.4. The number of hydrogen-bond donors (Lipinski definition) is 3. The van der Waals surface area contributed by atoms with Gasteiger partial charge in [-0.1, -0.05) is 23.9 Å². The van der Waals surface area contributed by atoms with Gasteiger partial charge in [-0.3, -0.25) is 20.2 Å². The number of imidazole rings is 1. The first-order chi connectivity index (χ1) is 14.0. The first kappa shape index (κ1) is 18.4. The summed E-state index contributed by atoms with van der Waals surface area (Å²) in [7, 11) is 0. The Morgan fingerprint density at radius 3 is 2.90 bits per heavy atom. The molecule has 0 saturated heterocycles. The second-order valence-electron chi connectivity index (χ2n) is 5.77. The molecule has 4 aromatic rings. The lowest BCUT2D eigenvalue weighted by atomic mass is 10.2. The monoisotopic (exact) mass is 412 g/mol. The van der Waals surface area contributed by atoms with Crippen LogP contribution in [0.1, 0.15) is 0 Å². The molecule has 0 radical (unpaired) electrons. The van der Waals surface area contributed by atoms with Crippen LogP contribution >= 0.6 is 11.8 Å². The number of carbonyl (C=O) groups excluding carboxylic acids is 1. The van der Waals surface area contributed by atoms with Gasteiger partial charge in [0.05, 0.1) is 27.3 Å². The molecule has 0 unspecified atom stereocenters. The Balaban J connectivity index is 1.39. The Bertz CT molecular complexity index is 1220. The highest BCUT2D eigenvalue weighted by Gasteiger charge is 2.15. The molecule has 0 aliphatic rings. The number of thioether (sulfide) groups is 1. The topological polar surface area (TPSA) is 160 Å². The van der Waals surface area contributed by atoms with Gasteiger partial charge in [-0.2, -0.15) is 0 Å². The minimum atomic E-state index is -0.511. The molecule has 0 bridgehead atoms. The number of nitro groups is 1. The Hall–Kier alpha value is -3.93. The predicted octanol–water partition coefficient (Wildman–Crippen LogP) is 2.96. The van der Waals surface area contributed by atoms with Crippen LogP contribution in [-0.4, -0.2) is 41.9 Å². The fourth-order valence-electron chi connectivity index (χ4n) is 2.50. The molecular weight excluding hydrogens is 400 g/mol.